The van der Waals surface area contributed by atoms with Crippen LogP contribution in [-0.2, 0) is 14.3 Å². The summed E-state index contributed by atoms with van der Waals surface area (Å²) in [7, 11) is 1.24. The predicted octanol–water partition coefficient (Wildman–Crippen LogP) is 0.739. The second kappa shape index (κ2) is 7.46. The summed E-state index contributed by atoms with van der Waals surface area (Å²) in [5.41, 5.74) is 0.198. The van der Waals surface area contributed by atoms with Crippen molar-refractivity contribution in [2.45, 2.75) is 0 Å². The number of carboxylic acid groups (broad SMARTS) is 1. The first kappa shape index (κ1) is 15.9. The van der Waals surface area contributed by atoms with E-state index >= 15 is 0 Å². The lowest BCUT2D eigenvalue weighted by atomic mass is 10.2. The normalized spacial score (nSPS) is 9.90. The number of carboxylic acids is 1. The maximum atomic E-state index is 11.6. The van der Waals surface area contributed by atoms with Gasteiger partial charge < -0.3 is 15.2 Å². The molecule has 0 bridgehead atoms. The molecule has 7 nitrogen and oxygen atoms in total. The largest absolute Gasteiger partial charge is 0.478 e. The Kier molecular flexibility index (Phi) is 5.95. The van der Waals surface area contributed by atoms with Crippen LogP contribution in [0, 0.1) is 0 Å². The maximum Gasteiger partial charge on any atom is 0.335 e. The van der Waals surface area contributed by atoms with Crippen molar-refractivity contribution in [3.63, 3.8) is 0 Å². The molecule has 1 rings (SSSR count). The fourth-order valence-electron chi connectivity index (χ4n) is 1.30. The van der Waals surface area contributed by atoms with Crippen molar-refractivity contribution in [2.75, 3.05) is 25.5 Å². The second-order valence-corrected chi connectivity index (χ2v) is 4.13. The standard InChI is InChI=1S/C12H13ClN2O5/c1-20-11(17)6-14-5-10(16)15-9-4-7(12(18)19)2-3-8(9)13/h2-4,14H,5-6H2,1H3,(H,15,16)(H,18,19). The molecule has 3 N–H and O–H groups in total. The molecule has 108 valence electrons. The molecular weight excluding hydrogens is 288 g/mol. The Morgan fingerprint density at radius 3 is 2.60 bits per heavy atom. The van der Waals surface area contributed by atoms with Crippen LogP contribution in [0.4, 0.5) is 5.69 Å². The number of aromatic carboxylic acids is 1. The van der Waals surface area contributed by atoms with Gasteiger partial charge >= 0.3 is 11.9 Å². The summed E-state index contributed by atoms with van der Waals surface area (Å²) in [4.78, 5) is 33.2. The van der Waals surface area contributed by atoms with Crippen molar-refractivity contribution < 1.29 is 24.2 Å². The van der Waals surface area contributed by atoms with Crippen molar-refractivity contribution in [2.24, 2.45) is 0 Å². The van der Waals surface area contributed by atoms with Gasteiger partial charge in [0.05, 0.1) is 36.5 Å². The average molecular weight is 301 g/mol. The highest BCUT2D eigenvalue weighted by Crippen LogP contribution is 2.22. The van der Waals surface area contributed by atoms with E-state index in [1.807, 2.05) is 0 Å². The van der Waals surface area contributed by atoms with Gasteiger partial charge in [0, 0.05) is 0 Å². The van der Waals surface area contributed by atoms with Gasteiger partial charge in [-0.2, -0.15) is 0 Å². The van der Waals surface area contributed by atoms with Gasteiger partial charge in [-0.15, -0.1) is 0 Å². The van der Waals surface area contributed by atoms with Crippen LogP contribution in [0.3, 0.4) is 0 Å². The molecule has 0 aliphatic rings. The Bertz CT molecular complexity index is 533. The fraction of sp³-hybridized carbons (Fsp3) is 0.250. The molecule has 1 aromatic carbocycles. The summed E-state index contributed by atoms with van der Waals surface area (Å²) in [6.45, 7) is -0.241. The smallest absolute Gasteiger partial charge is 0.335 e. The number of nitrogens with one attached hydrogen (secondary N) is 2. The van der Waals surface area contributed by atoms with Gasteiger partial charge in [-0.3, -0.25) is 14.9 Å². The molecule has 0 saturated carbocycles. The fourth-order valence-corrected chi connectivity index (χ4v) is 1.46. The van der Waals surface area contributed by atoms with Crippen molar-refractivity contribution in [1.29, 1.82) is 0 Å². The van der Waals surface area contributed by atoms with E-state index in [0.29, 0.717) is 0 Å². The van der Waals surface area contributed by atoms with Crippen LogP contribution in [0.2, 0.25) is 5.02 Å². The number of methoxy groups -OCH3 is 1. The summed E-state index contributed by atoms with van der Waals surface area (Å²) in [6.07, 6.45) is 0. The van der Waals surface area contributed by atoms with Gasteiger partial charge in [0.2, 0.25) is 5.91 Å². The van der Waals surface area contributed by atoms with Gasteiger partial charge in [-0.05, 0) is 18.2 Å². The minimum absolute atomic E-state index is 0.00669. The number of ether oxygens (including phenoxy) is 1. The van der Waals surface area contributed by atoms with Crippen LogP contribution in [0.25, 0.3) is 0 Å². The number of anilines is 1. The molecular formula is C12H13ClN2O5. The van der Waals surface area contributed by atoms with Crippen LogP contribution in [-0.4, -0.2) is 43.2 Å². The van der Waals surface area contributed by atoms with Crippen molar-refractivity contribution >= 4 is 35.1 Å². The molecule has 8 heteroatoms. The molecule has 0 saturated heterocycles. The van der Waals surface area contributed by atoms with Gasteiger partial charge in [0.1, 0.15) is 0 Å². The van der Waals surface area contributed by atoms with Gasteiger partial charge in [-0.25, -0.2) is 4.79 Å². The minimum Gasteiger partial charge on any atom is -0.478 e. The Labute approximate surface area is 119 Å². The second-order valence-electron chi connectivity index (χ2n) is 3.73. The third kappa shape index (κ3) is 4.87. The predicted molar refractivity (Wildman–Crippen MR) is 71.9 cm³/mol. The Hall–Kier alpha value is -2.12. The van der Waals surface area contributed by atoms with E-state index < -0.39 is 17.8 Å². The first-order valence-corrected chi connectivity index (χ1v) is 5.92. The van der Waals surface area contributed by atoms with Crippen molar-refractivity contribution in [3.05, 3.63) is 28.8 Å². The number of rotatable bonds is 6. The zero-order valence-corrected chi connectivity index (χ0v) is 11.4. The topological polar surface area (TPSA) is 105 Å². The lowest BCUT2D eigenvalue weighted by molar-refractivity contribution is -0.139. The summed E-state index contributed by atoms with van der Waals surface area (Å²) in [5, 5.41) is 14.1. The summed E-state index contributed by atoms with van der Waals surface area (Å²) < 4.78 is 4.39. The van der Waals surface area contributed by atoms with E-state index in [1.54, 1.807) is 0 Å². The van der Waals surface area contributed by atoms with E-state index in [1.165, 1.54) is 25.3 Å². The number of carbonyl (C=O) groups is 3. The molecule has 0 radical (unpaired) electrons. The minimum atomic E-state index is -1.12. The Morgan fingerprint density at radius 1 is 1.30 bits per heavy atom. The highest BCUT2D eigenvalue weighted by Gasteiger charge is 2.10. The summed E-state index contributed by atoms with van der Waals surface area (Å²) in [5.74, 6) is -2.08. The zero-order chi connectivity index (χ0) is 15.1. The van der Waals surface area contributed by atoms with Gasteiger partial charge in [0.15, 0.2) is 0 Å². The molecule has 0 aliphatic carbocycles. The third-order valence-electron chi connectivity index (χ3n) is 2.27. The first-order valence-electron chi connectivity index (χ1n) is 5.54. The number of hydrogen-bond donors (Lipinski definition) is 3. The first-order chi connectivity index (χ1) is 9.43. The average Bonchev–Trinajstić information content (AvgIpc) is 2.40. The monoisotopic (exact) mass is 300 g/mol. The van der Waals surface area contributed by atoms with Crippen LogP contribution < -0.4 is 10.6 Å². The lowest BCUT2D eigenvalue weighted by Crippen LogP contribution is -2.32. The molecule has 0 heterocycles. The van der Waals surface area contributed by atoms with Gasteiger partial charge in [-0.1, -0.05) is 11.6 Å². The number of halogens is 1. The number of hydrogen-bond acceptors (Lipinski definition) is 5. The lowest BCUT2D eigenvalue weighted by Gasteiger charge is -2.08. The molecule has 1 aromatic rings. The molecule has 0 aliphatic heterocycles. The van der Waals surface area contributed by atoms with E-state index in [0.717, 1.165) is 0 Å². The molecule has 0 fully saturated rings. The van der Waals surface area contributed by atoms with Crippen LogP contribution in [0.1, 0.15) is 10.4 Å². The molecule has 0 spiro atoms. The van der Waals surface area contributed by atoms with Crippen molar-refractivity contribution in [1.82, 2.24) is 5.32 Å². The van der Waals surface area contributed by atoms with Crippen molar-refractivity contribution in [3.8, 4) is 0 Å². The van der Waals surface area contributed by atoms with Crippen LogP contribution in [0.15, 0.2) is 18.2 Å². The van der Waals surface area contributed by atoms with Crippen LogP contribution in [0.5, 0.6) is 0 Å². The summed E-state index contributed by atoms with van der Waals surface area (Å²) >= 11 is 5.85. The maximum absolute atomic E-state index is 11.6. The SMILES string of the molecule is COC(=O)CNCC(=O)Nc1cc(C(=O)O)ccc1Cl. The number of carbonyl (C=O) groups excluding carboxylic acids is 2. The quantitative estimate of drug-likeness (QED) is 0.669. The zero-order valence-electron chi connectivity index (χ0n) is 10.6. The van der Waals surface area contributed by atoms with E-state index in [2.05, 4.69) is 15.4 Å². The molecule has 0 unspecified atom stereocenters. The molecule has 0 aromatic heterocycles. The molecule has 1 amide bonds. The Balaban J connectivity index is 2.59. The van der Waals surface area contributed by atoms with E-state index in [9.17, 15) is 14.4 Å². The highest BCUT2D eigenvalue weighted by atomic mass is 35.5. The van der Waals surface area contributed by atoms with E-state index in [-0.39, 0.29) is 29.4 Å². The third-order valence-corrected chi connectivity index (χ3v) is 2.60. The highest BCUT2D eigenvalue weighted by molar-refractivity contribution is 6.33. The number of benzene rings is 1. The number of esters is 1. The van der Waals surface area contributed by atoms with E-state index in [4.69, 9.17) is 16.7 Å². The number of amides is 1. The molecule has 0 atom stereocenters. The Morgan fingerprint density at radius 2 is 2.00 bits per heavy atom. The van der Waals surface area contributed by atoms with Gasteiger partial charge in [0.25, 0.3) is 0 Å². The summed E-state index contributed by atoms with van der Waals surface area (Å²) in [6, 6.07) is 3.96. The van der Waals surface area contributed by atoms with Crippen LogP contribution >= 0.6 is 11.6 Å². The molecule has 20 heavy (non-hydrogen) atoms.